The summed E-state index contributed by atoms with van der Waals surface area (Å²) in [6, 6.07) is 4.54. The molecule has 2 atom stereocenters. The third kappa shape index (κ3) is 2.57. The Morgan fingerprint density at radius 1 is 1.38 bits per heavy atom. The van der Waals surface area contributed by atoms with Gasteiger partial charge in [0.2, 0.25) is 0 Å². The molecule has 0 saturated carbocycles. The Kier molecular flexibility index (Phi) is 3.30. The lowest BCUT2D eigenvalue weighted by molar-refractivity contribution is 0.0118. The van der Waals surface area contributed by atoms with Gasteiger partial charge in [-0.05, 0) is 45.7 Å². The van der Waals surface area contributed by atoms with Gasteiger partial charge in [-0.15, -0.1) is 0 Å². The van der Waals surface area contributed by atoms with E-state index in [4.69, 9.17) is 4.74 Å². The lowest BCUT2D eigenvalue weighted by atomic mass is 10.0. The van der Waals surface area contributed by atoms with Gasteiger partial charge in [0.15, 0.2) is 0 Å². The predicted molar refractivity (Wildman–Crippen MR) is 81.5 cm³/mol. The fourth-order valence-electron chi connectivity index (χ4n) is 3.25. The SMILES string of the molecule is CC1C2Cc3cccnc3N2CCN1C(=O)OC(C)(C)C. The first-order valence-electron chi connectivity index (χ1n) is 7.57. The number of nitrogens with zero attached hydrogens (tertiary/aromatic N) is 3. The number of carbonyl (C=O) groups excluding carboxylic acids is 1. The number of anilines is 1. The summed E-state index contributed by atoms with van der Waals surface area (Å²) in [6.07, 6.45) is 2.58. The second-order valence-electron chi connectivity index (χ2n) is 6.87. The van der Waals surface area contributed by atoms with E-state index in [9.17, 15) is 4.79 Å². The minimum atomic E-state index is -0.450. The summed E-state index contributed by atoms with van der Waals surface area (Å²) in [5.41, 5.74) is 0.828. The molecule has 0 N–H and O–H groups in total. The van der Waals surface area contributed by atoms with Crippen molar-refractivity contribution < 1.29 is 9.53 Å². The second kappa shape index (κ2) is 4.90. The van der Waals surface area contributed by atoms with Crippen LogP contribution in [0.1, 0.15) is 33.3 Å². The first-order valence-corrected chi connectivity index (χ1v) is 7.57. The van der Waals surface area contributed by atoms with Crippen molar-refractivity contribution in [3.8, 4) is 0 Å². The zero-order valence-corrected chi connectivity index (χ0v) is 13.2. The summed E-state index contributed by atoms with van der Waals surface area (Å²) < 4.78 is 5.53. The number of piperazine rings is 1. The van der Waals surface area contributed by atoms with Gasteiger partial charge in [0.1, 0.15) is 11.4 Å². The van der Waals surface area contributed by atoms with Gasteiger partial charge in [-0.25, -0.2) is 9.78 Å². The Hall–Kier alpha value is -1.78. The molecule has 114 valence electrons. The number of rotatable bonds is 0. The van der Waals surface area contributed by atoms with Crippen molar-refractivity contribution in [2.75, 3.05) is 18.0 Å². The molecule has 1 amide bonds. The van der Waals surface area contributed by atoms with Crippen molar-refractivity contribution in [1.82, 2.24) is 9.88 Å². The standard InChI is InChI=1S/C16H23N3O2/c1-11-13-10-12-6-5-7-17-14(12)19(13)9-8-18(11)15(20)21-16(2,3)4/h5-7,11,13H,8-10H2,1-4H3. The molecule has 2 aliphatic heterocycles. The molecule has 2 aliphatic rings. The summed E-state index contributed by atoms with van der Waals surface area (Å²) >= 11 is 0. The van der Waals surface area contributed by atoms with Crippen LogP contribution in [-0.4, -0.2) is 46.8 Å². The van der Waals surface area contributed by atoms with Gasteiger partial charge in [0.05, 0.1) is 12.1 Å². The normalized spacial score (nSPS) is 24.6. The fraction of sp³-hybridized carbons (Fsp3) is 0.625. The van der Waals surface area contributed by atoms with Crippen molar-refractivity contribution in [2.45, 2.75) is 51.8 Å². The van der Waals surface area contributed by atoms with E-state index in [1.165, 1.54) is 5.56 Å². The molecular formula is C16H23N3O2. The summed E-state index contributed by atoms with van der Waals surface area (Å²) in [5.74, 6) is 1.08. The minimum absolute atomic E-state index is 0.128. The summed E-state index contributed by atoms with van der Waals surface area (Å²) in [4.78, 5) is 21.0. The van der Waals surface area contributed by atoms with Gasteiger partial charge < -0.3 is 14.5 Å². The maximum atomic E-state index is 12.4. The van der Waals surface area contributed by atoms with Crippen molar-refractivity contribution >= 4 is 11.9 Å². The maximum Gasteiger partial charge on any atom is 0.410 e. The van der Waals surface area contributed by atoms with Crippen LogP contribution in [0.5, 0.6) is 0 Å². The van der Waals surface area contributed by atoms with E-state index in [2.05, 4.69) is 22.9 Å². The number of hydrogen-bond donors (Lipinski definition) is 0. The van der Waals surface area contributed by atoms with E-state index < -0.39 is 5.60 Å². The summed E-state index contributed by atoms with van der Waals surface area (Å²) in [7, 11) is 0. The Bertz CT molecular complexity index is 553. The topological polar surface area (TPSA) is 45.7 Å². The van der Waals surface area contributed by atoms with E-state index >= 15 is 0 Å². The van der Waals surface area contributed by atoms with Crippen molar-refractivity contribution in [2.24, 2.45) is 0 Å². The number of hydrogen-bond acceptors (Lipinski definition) is 4. The molecule has 21 heavy (non-hydrogen) atoms. The molecule has 3 heterocycles. The van der Waals surface area contributed by atoms with Gasteiger partial charge in [-0.2, -0.15) is 0 Å². The van der Waals surface area contributed by atoms with Crippen LogP contribution in [-0.2, 0) is 11.2 Å². The molecule has 1 aromatic heterocycles. The molecule has 1 fully saturated rings. The Labute approximate surface area is 125 Å². The zero-order valence-electron chi connectivity index (χ0n) is 13.2. The highest BCUT2D eigenvalue weighted by Crippen LogP contribution is 2.35. The molecule has 2 unspecified atom stereocenters. The van der Waals surface area contributed by atoms with E-state index in [1.54, 1.807) is 0 Å². The van der Waals surface area contributed by atoms with Crippen LogP contribution in [0.3, 0.4) is 0 Å². The van der Waals surface area contributed by atoms with Crippen LogP contribution in [0.25, 0.3) is 0 Å². The average Bonchev–Trinajstić information content (AvgIpc) is 2.77. The van der Waals surface area contributed by atoms with E-state index in [1.807, 2.05) is 37.9 Å². The number of fused-ring (bicyclic) bond motifs is 3. The third-order valence-electron chi connectivity index (χ3n) is 4.23. The number of ether oxygens (including phenoxy) is 1. The molecule has 0 spiro atoms. The van der Waals surface area contributed by atoms with Gasteiger partial charge in [0, 0.05) is 19.3 Å². The smallest absolute Gasteiger partial charge is 0.410 e. The average molecular weight is 289 g/mol. The molecule has 5 nitrogen and oxygen atoms in total. The molecule has 0 radical (unpaired) electrons. The molecule has 1 aromatic rings. The number of amides is 1. The van der Waals surface area contributed by atoms with Crippen molar-refractivity contribution in [1.29, 1.82) is 0 Å². The molecule has 1 saturated heterocycles. The highest BCUT2D eigenvalue weighted by molar-refractivity contribution is 5.70. The van der Waals surface area contributed by atoms with Crippen LogP contribution >= 0.6 is 0 Å². The van der Waals surface area contributed by atoms with Crippen LogP contribution < -0.4 is 4.90 Å². The van der Waals surface area contributed by atoms with Crippen molar-refractivity contribution in [3.05, 3.63) is 23.9 Å². The zero-order chi connectivity index (χ0) is 15.2. The van der Waals surface area contributed by atoms with Gasteiger partial charge in [0.25, 0.3) is 0 Å². The quantitative estimate of drug-likeness (QED) is 0.736. The molecule has 0 aromatic carbocycles. The molecule has 0 aliphatic carbocycles. The Morgan fingerprint density at radius 3 is 2.86 bits per heavy atom. The Morgan fingerprint density at radius 2 is 2.14 bits per heavy atom. The minimum Gasteiger partial charge on any atom is -0.444 e. The second-order valence-corrected chi connectivity index (χ2v) is 6.87. The van der Waals surface area contributed by atoms with Gasteiger partial charge >= 0.3 is 6.09 Å². The molecule has 5 heteroatoms. The maximum absolute atomic E-state index is 12.4. The van der Waals surface area contributed by atoms with Crippen LogP contribution in [0, 0.1) is 0 Å². The third-order valence-corrected chi connectivity index (χ3v) is 4.23. The van der Waals surface area contributed by atoms with Crippen LogP contribution in [0.15, 0.2) is 18.3 Å². The van der Waals surface area contributed by atoms with E-state index in [0.717, 1.165) is 18.8 Å². The molecule has 3 rings (SSSR count). The number of pyridine rings is 1. The number of carbonyl (C=O) groups is 1. The lowest BCUT2D eigenvalue weighted by Crippen LogP contribution is -2.59. The van der Waals surface area contributed by atoms with Crippen molar-refractivity contribution in [3.63, 3.8) is 0 Å². The lowest BCUT2D eigenvalue weighted by Gasteiger charge is -2.43. The highest BCUT2D eigenvalue weighted by Gasteiger charge is 2.42. The number of aromatic nitrogens is 1. The molecular weight excluding hydrogens is 266 g/mol. The van der Waals surface area contributed by atoms with E-state index in [-0.39, 0.29) is 12.1 Å². The Balaban J connectivity index is 1.76. The first-order chi connectivity index (χ1) is 9.87. The predicted octanol–water partition coefficient (Wildman–Crippen LogP) is 2.45. The van der Waals surface area contributed by atoms with Crippen LogP contribution in [0.2, 0.25) is 0 Å². The van der Waals surface area contributed by atoms with Crippen LogP contribution in [0.4, 0.5) is 10.6 Å². The van der Waals surface area contributed by atoms with Gasteiger partial charge in [-0.1, -0.05) is 6.07 Å². The summed E-state index contributed by atoms with van der Waals surface area (Å²) in [5, 5.41) is 0. The summed E-state index contributed by atoms with van der Waals surface area (Å²) in [6.45, 7) is 9.32. The largest absolute Gasteiger partial charge is 0.444 e. The first kappa shape index (κ1) is 14.2. The van der Waals surface area contributed by atoms with E-state index in [0.29, 0.717) is 12.6 Å². The fourth-order valence-corrected chi connectivity index (χ4v) is 3.25. The van der Waals surface area contributed by atoms with Gasteiger partial charge in [-0.3, -0.25) is 0 Å². The molecule has 0 bridgehead atoms. The monoisotopic (exact) mass is 289 g/mol. The highest BCUT2D eigenvalue weighted by atomic mass is 16.6.